The molecule has 26 heavy (non-hydrogen) atoms. The highest BCUT2D eigenvalue weighted by molar-refractivity contribution is 7.90. The third-order valence-electron chi connectivity index (χ3n) is 4.40. The number of amidine groups is 1. The van der Waals surface area contributed by atoms with Crippen LogP contribution >= 0.6 is 11.6 Å². The van der Waals surface area contributed by atoms with E-state index < -0.39 is 10.0 Å². The largest absolute Gasteiger partial charge is 0.330 e. The molecule has 2 aliphatic rings. The lowest BCUT2D eigenvalue weighted by Gasteiger charge is -2.27. The predicted molar refractivity (Wildman–Crippen MR) is 104 cm³/mol. The van der Waals surface area contributed by atoms with Gasteiger partial charge < -0.3 is 10.2 Å². The Labute approximate surface area is 158 Å². The Kier molecular flexibility index (Phi) is 5.20. The van der Waals surface area contributed by atoms with Gasteiger partial charge in [-0.25, -0.2) is 8.42 Å². The van der Waals surface area contributed by atoms with Gasteiger partial charge in [-0.3, -0.25) is 4.79 Å². The molecule has 0 spiro atoms. The number of hydrogen-bond acceptors (Lipinski definition) is 4. The van der Waals surface area contributed by atoms with Crippen molar-refractivity contribution >= 4 is 39.1 Å². The van der Waals surface area contributed by atoms with Gasteiger partial charge in [0, 0.05) is 23.5 Å². The second-order valence-electron chi connectivity index (χ2n) is 6.07. The topological polar surface area (TPSA) is 78.8 Å². The Hall–Kier alpha value is -2.12. The molecule has 0 aromatic heterocycles. The van der Waals surface area contributed by atoms with Gasteiger partial charge in [-0.1, -0.05) is 31.5 Å². The van der Waals surface area contributed by atoms with Gasteiger partial charge in [-0.2, -0.15) is 0 Å². The second kappa shape index (κ2) is 7.25. The molecule has 0 radical (unpaired) electrons. The maximum atomic E-state index is 12.8. The van der Waals surface area contributed by atoms with Crippen LogP contribution in [0.2, 0.25) is 5.02 Å². The smallest absolute Gasteiger partial charge is 0.257 e. The minimum absolute atomic E-state index is 0.0655. The molecule has 1 aromatic carbocycles. The van der Waals surface area contributed by atoms with E-state index in [2.05, 4.69) is 9.71 Å². The van der Waals surface area contributed by atoms with Gasteiger partial charge in [0.25, 0.3) is 15.9 Å². The van der Waals surface area contributed by atoms with Crippen LogP contribution in [0.4, 0.5) is 5.69 Å². The highest BCUT2D eigenvalue weighted by atomic mass is 35.5. The van der Waals surface area contributed by atoms with Crippen LogP contribution in [0.25, 0.3) is 0 Å². The summed E-state index contributed by atoms with van der Waals surface area (Å²) in [6.45, 7) is 4.29. The van der Waals surface area contributed by atoms with Gasteiger partial charge in [0.15, 0.2) is 0 Å². The summed E-state index contributed by atoms with van der Waals surface area (Å²) in [6, 6.07) is 3.77. The Balaban J connectivity index is 1.88. The summed E-state index contributed by atoms with van der Waals surface area (Å²) in [7, 11) is -3.41. The van der Waals surface area contributed by atoms with Gasteiger partial charge in [0.1, 0.15) is 5.84 Å². The fraction of sp³-hybridized carbons (Fsp3) is 0.333. The summed E-state index contributed by atoms with van der Waals surface area (Å²) in [5, 5.41) is 3.60. The van der Waals surface area contributed by atoms with E-state index >= 15 is 0 Å². The number of halogens is 1. The first-order valence-corrected chi connectivity index (χ1v) is 10.4. The number of nitrogens with one attached hydrogen (secondary N) is 1. The minimum Gasteiger partial charge on any atom is -0.330 e. The first-order valence-electron chi connectivity index (χ1n) is 8.45. The van der Waals surface area contributed by atoms with E-state index in [1.54, 1.807) is 23.3 Å². The van der Waals surface area contributed by atoms with Crippen molar-refractivity contribution in [2.75, 3.05) is 17.6 Å². The predicted octanol–water partition coefficient (Wildman–Crippen LogP) is 2.90. The lowest BCUT2D eigenvalue weighted by atomic mass is 10.0. The summed E-state index contributed by atoms with van der Waals surface area (Å²) in [5.41, 5.74) is 3.12. The highest BCUT2D eigenvalue weighted by Gasteiger charge is 2.25. The molecule has 3 rings (SSSR count). The number of rotatable bonds is 4. The van der Waals surface area contributed by atoms with Crippen LogP contribution < -0.4 is 5.32 Å². The number of aryl methyl sites for hydroxylation is 1. The summed E-state index contributed by atoms with van der Waals surface area (Å²) in [6.07, 6.45) is 6.23. The van der Waals surface area contributed by atoms with Gasteiger partial charge in [-0.05, 0) is 42.2 Å². The number of anilines is 1. The van der Waals surface area contributed by atoms with Crippen molar-refractivity contribution in [3.8, 4) is 0 Å². The number of hydrogen-bond donors (Lipinski definition) is 1. The van der Waals surface area contributed by atoms with Crippen molar-refractivity contribution in [3.05, 3.63) is 52.2 Å². The molecule has 8 heteroatoms. The third-order valence-corrected chi connectivity index (χ3v) is 5.92. The van der Waals surface area contributed by atoms with Crippen molar-refractivity contribution in [1.29, 1.82) is 0 Å². The molecular formula is C18H20ClN3O3S. The lowest BCUT2D eigenvalue weighted by molar-refractivity contribution is -0.112. The van der Waals surface area contributed by atoms with Crippen LogP contribution in [0.5, 0.6) is 0 Å². The Morgan fingerprint density at radius 1 is 1.27 bits per heavy atom. The van der Waals surface area contributed by atoms with Crippen LogP contribution in [-0.4, -0.2) is 37.4 Å². The molecule has 6 nitrogen and oxygen atoms in total. The lowest BCUT2D eigenvalue weighted by Crippen LogP contribution is -2.37. The standard InChI is InChI=1S/C18H20ClN3O3S/c1-3-12-5-7-15(19)14(4-2)17(12)20-18(23)13-6-8-16-21-26(24,25)10-9-22(16)11-13/h5-8,11H,3-4,9-10H2,1-2H3,(H,20,23). The molecule has 0 bridgehead atoms. The number of sulfonamides is 1. The van der Waals surface area contributed by atoms with E-state index in [0.717, 1.165) is 23.2 Å². The van der Waals surface area contributed by atoms with E-state index in [9.17, 15) is 13.2 Å². The fourth-order valence-corrected chi connectivity index (χ4v) is 4.25. The van der Waals surface area contributed by atoms with E-state index in [1.807, 2.05) is 26.0 Å². The molecule has 1 N–H and O–H groups in total. The number of fused-ring (bicyclic) bond motifs is 1. The maximum Gasteiger partial charge on any atom is 0.257 e. The average molecular weight is 394 g/mol. The molecule has 138 valence electrons. The van der Waals surface area contributed by atoms with Crippen molar-refractivity contribution in [1.82, 2.24) is 4.90 Å². The maximum absolute atomic E-state index is 12.8. The number of amides is 1. The van der Waals surface area contributed by atoms with Crippen LogP contribution in [0.15, 0.2) is 40.5 Å². The Morgan fingerprint density at radius 3 is 2.73 bits per heavy atom. The molecule has 1 aromatic rings. The van der Waals surface area contributed by atoms with E-state index in [-0.39, 0.29) is 18.2 Å². The third kappa shape index (κ3) is 3.68. The fourth-order valence-electron chi connectivity index (χ4n) is 2.99. The summed E-state index contributed by atoms with van der Waals surface area (Å²) >= 11 is 6.28. The van der Waals surface area contributed by atoms with Crippen LogP contribution in [0.3, 0.4) is 0 Å². The van der Waals surface area contributed by atoms with Crippen LogP contribution in [0, 0.1) is 0 Å². The molecule has 0 saturated carbocycles. The molecule has 0 atom stereocenters. The monoisotopic (exact) mass is 393 g/mol. The van der Waals surface area contributed by atoms with Crippen LogP contribution in [-0.2, 0) is 27.7 Å². The van der Waals surface area contributed by atoms with Crippen LogP contribution in [0.1, 0.15) is 25.0 Å². The zero-order valence-corrected chi connectivity index (χ0v) is 16.2. The first-order chi connectivity index (χ1) is 12.3. The van der Waals surface area contributed by atoms with Gasteiger partial charge >= 0.3 is 0 Å². The van der Waals surface area contributed by atoms with E-state index in [4.69, 9.17) is 11.6 Å². The molecule has 2 heterocycles. The van der Waals surface area contributed by atoms with Gasteiger partial charge in [-0.15, -0.1) is 4.40 Å². The normalized spacial score (nSPS) is 18.0. The van der Waals surface area contributed by atoms with Crippen molar-refractivity contribution in [3.63, 3.8) is 0 Å². The average Bonchev–Trinajstić information content (AvgIpc) is 2.61. The Bertz CT molecular complexity index is 949. The molecule has 2 aliphatic heterocycles. The van der Waals surface area contributed by atoms with Crippen molar-refractivity contribution in [2.45, 2.75) is 26.7 Å². The number of carbonyl (C=O) groups excluding carboxylic acids is 1. The second-order valence-corrected chi connectivity index (χ2v) is 8.23. The summed E-state index contributed by atoms with van der Waals surface area (Å²) < 4.78 is 26.9. The van der Waals surface area contributed by atoms with Gasteiger partial charge in [0.05, 0.1) is 11.3 Å². The molecular weight excluding hydrogens is 374 g/mol. The molecule has 0 fully saturated rings. The minimum atomic E-state index is -3.41. The zero-order valence-electron chi connectivity index (χ0n) is 14.6. The zero-order chi connectivity index (χ0) is 18.9. The SMILES string of the molecule is CCc1ccc(Cl)c(CC)c1NC(=O)C1=CN2CCS(=O)(=O)N=C2C=C1. The molecule has 0 saturated heterocycles. The Morgan fingerprint density at radius 2 is 2.04 bits per heavy atom. The molecule has 0 aliphatic carbocycles. The van der Waals surface area contributed by atoms with E-state index in [1.165, 1.54) is 0 Å². The quantitative estimate of drug-likeness (QED) is 0.853. The number of benzene rings is 1. The first kappa shape index (κ1) is 18.7. The molecule has 1 amide bonds. The summed E-state index contributed by atoms with van der Waals surface area (Å²) in [5.74, 6) is 0.00345. The number of carbonyl (C=O) groups is 1. The number of nitrogens with zero attached hydrogens (tertiary/aromatic N) is 2. The summed E-state index contributed by atoms with van der Waals surface area (Å²) in [4.78, 5) is 14.4. The van der Waals surface area contributed by atoms with Crippen molar-refractivity contribution < 1.29 is 13.2 Å². The molecule has 0 unspecified atom stereocenters. The van der Waals surface area contributed by atoms with E-state index in [0.29, 0.717) is 22.9 Å². The highest BCUT2D eigenvalue weighted by Crippen LogP contribution is 2.30. The van der Waals surface area contributed by atoms with Crippen molar-refractivity contribution in [2.24, 2.45) is 4.40 Å². The van der Waals surface area contributed by atoms with Gasteiger partial charge in [0.2, 0.25) is 0 Å².